The molecule has 0 heterocycles. The molecule has 0 radical (unpaired) electrons. The molecular formula is C12H14ClFO2. The molecule has 0 bridgehead atoms. The van der Waals surface area contributed by atoms with Crippen molar-refractivity contribution in [3.05, 3.63) is 35.1 Å². The third kappa shape index (κ3) is 3.20. The van der Waals surface area contributed by atoms with Gasteiger partial charge in [-0.2, -0.15) is 0 Å². The van der Waals surface area contributed by atoms with Crippen LogP contribution in [0.15, 0.2) is 18.2 Å². The first-order chi connectivity index (χ1) is 7.56. The standard InChI is InChI=1S/C12H14ClFO2/c1-3-16-12(15)10-6-4-5-9(11(10)14)7-8(2)13/h4-6,8H,3,7H2,1-2H3. The van der Waals surface area contributed by atoms with Crippen LogP contribution in [0, 0.1) is 5.82 Å². The van der Waals surface area contributed by atoms with E-state index in [1.165, 1.54) is 6.07 Å². The molecule has 88 valence electrons. The fourth-order valence-corrected chi connectivity index (χ4v) is 1.57. The molecule has 0 saturated carbocycles. The maximum atomic E-state index is 13.8. The molecule has 0 aromatic heterocycles. The van der Waals surface area contributed by atoms with Crippen molar-refractivity contribution in [2.75, 3.05) is 6.61 Å². The molecule has 0 aliphatic heterocycles. The van der Waals surface area contributed by atoms with Crippen LogP contribution in [0.1, 0.15) is 29.8 Å². The largest absolute Gasteiger partial charge is 0.462 e. The lowest BCUT2D eigenvalue weighted by molar-refractivity contribution is 0.0521. The van der Waals surface area contributed by atoms with Gasteiger partial charge in [0.25, 0.3) is 0 Å². The monoisotopic (exact) mass is 244 g/mol. The first-order valence-electron chi connectivity index (χ1n) is 5.14. The third-order valence-corrected chi connectivity index (χ3v) is 2.23. The summed E-state index contributed by atoms with van der Waals surface area (Å²) in [6.07, 6.45) is 0.390. The first kappa shape index (κ1) is 13.0. The molecule has 0 spiro atoms. The van der Waals surface area contributed by atoms with Gasteiger partial charge in [-0.25, -0.2) is 9.18 Å². The summed E-state index contributed by atoms with van der Waals surface area (Å²) in [4.78, 5) is 11.4. The van der Waals surface area contributed by atoms with Gasteiger partial charge in [0.15, 0.2) is 0 Å². The zero-order valence-electron chi connectivity index (χ0n) is 9.30. The topological polar surface area (TPSA) is 26.3 Å². The molecule has 1 atom stereocenters. The second kappa shape index (κ2) is 5.85. The SMILES string of the molecule is CCOC(=O)c1cccc(CC(C)Cl)c1F. The Morgan fingerprint density at radius 2 is 2.25 bits per heavy atom. The van der Waals surface area contributed by atoms with E-state index in [2.05, 4.69) is 0 Å². The summed E-state index contributed by atoms with van der Waals surface area (Å²) in [5, 5.41) is -0.174. The van der Waals surface area contributed by atoms with E-state index in [1.807, 2.05) is 0 Å². The zero-order valence-corrected chi connectivity index (χ0v) is 10.1. The molecule has 0 saturated heterocycles. The molecule has 1 rings (SSSR count). The third-order valence-electron chi connectivity index (χ3n) is 2.08. The molecule has 16 heavy (non-hydrogen) atoms. The number of benzene rings is 1. The number of carbonyl (C=O) groups is 1. The van der Waals surface area contributed by atoms with Crippen molar-refractivity contribution in [3.8, 4) is 0 Å². The number of alkyl halides is 1. The van der Waals surface area contributed by atoms with Crippen molar-refractivity contribution in [1.82, 2.24) is 0 Å². The van der Waals surface area contributed by atoms with Crippen LogP contribution in [-0.2, 0) is 11.2 Å². The Bertz CT molecular complexity index is 377. The van der Waals surface area contributed by atoms with Crippen molar-refractivity contribution in [3.63, 3.8) is 0 Å². The molecule has 0 N–H and O–H groups in total. The average molecular weight is 245 g/mol. The molecule has 0 amide bonds. The van der Waals surface area contributed by atoms with Gasteiger partial charge in [-0.05, 0) is 31.9 Å². The predicted octanol–water partition coefficient (Wildman–Crippen LogP) is 3.17. The number of carbonyl (C=O) groups excluding carboxylic acids is 1. The minimum absolute atomic E-state index is 0.0309. The molecule has 0 aliphatic rings. The number of hydrogen-bond acceptors (Lipinski definition) is 2. The lowest BCUT2D eigenvalue weighted by Gasteiger charge is -2.08. The van der Waals surface area contributed by atoms with Gasteiger partial charge >= 0.3 is 5.97 Å². The van der Waals surface area contributed by atoms with Crippen LogP contribution >= 0.6 is 11.6 Å². The van der Waals surface area contributed by atoms with Crippen LogP contribution < -0.4 is 0 Å². The summed E-state index contributed by atoms with van der Waals surface area (Å²) in [6.45, 7) is 3.69. The Morgan fingerprint density at radius 1 is 1.56 bits per heavy atom. The van der Waals surface area contributed by atoms with Crippen LogP contribution in [0.5, 0.6) is 0 Å². The highest BCUT2D eigenvalue weighted by atomic mass is 35.5. The Kier molecular flexibility index (Phi) is 4.74. The minimum Gasteiger partial charge on any atom is -0.462 e. The van der Waals surface area contributed by atoms with Crippen molar-refractivity contribution >= 4 is 17.6 Å². The molecule has 1 unspecified atom stereocenters. The van der Waals surface area contributed by atoms with E-state index in [9.17, 15) is 9.18 Å². The predicted molar refractivity (Wildman–Crippen MR) is 61.4 cm³/mol. The minimum atomic E-state index is -0.635. The van der Waals surface area contributed by atoms with Gasteiger partial charge in [-0.3, -0.25) is 0 Å². The summed E-state index contributed by atoms with van der Waals surface area (Å²) in [5.41, 5.74) is 0.407. The van der Waals surface area contributed by atoms with Gasteiger partial charge in [0.2, 0.25) is 0 Å². The Balaban J connectivity index is 2.99. The number of esters is 1. The molecular weight excluding hydrogens is 231 g/mol. The second-order valence-corrected chi connectivity index (χ2v) is 4.23. The maximum absolute atomic E-state index is 13.8. The summed E-state index contributed by atoms with van der Waals surface area (Å²) in [7, 11) is 0. The van der Waals surface area contributed by atoms with Gasteiger partial charge in [0.05, 0.1) is 12.2 Å². The normalized spacial score (nSPS) is 12.2. The first-order valence-corrected chi connectivity index (χ1v) is 5.58. The van der Waals surface area contributed by atoms with Crippen LogP contribution in [0.4, 0.5) is 4.39 Å². The van der Waals surface area contributed by atoms with Crippen molar-refractivity contribution in [2.24, 2.45) is 0 Å². The van der Waals surface area contributed by atoms with Crippen LogP contribution in [0.2, 0.25) is 0 Å². The Morgan fingerprint density at radius 3 is 2.81 bits per heavy atom. The number of hydrogen-bond donors (Lipinski definition) is 0. The van der Waals surface area contributed by atoms with E-state index >= 15 is 0 Å². The van der Waals surface area contributed by atoms with Gasteiger partial charge < -0.3 is 4.74 Å². The van der Waals surface area contributed by atoms with E-state index in [1.54, 1.807) is 26.0 Å². The fraction of sp³-hybridized carbons (Fsp3) is 0.417. The maximum Gasteiger partial charge on any atom is 0.341 e. The van der Waals surface area contributed by atoms with Gasteiger partial charge in [0, 0.05) is 5.38 Å². The average Bonchev–Trinajstić information content (AvgIpc) is 2.21. The van der Waals surface area contributed by atoms with Crippen LogP contribution in [0.3, 0.4) is 0 Å². The Labute approximate surface area is 99.4 Å². The summed E-state index contributed by atoms with van der Waals surface area (Å²) in [6, 6.07) is 4.66. The van der Waals surface area contributed by atoms with Gasteiger partial charge in [-0.1, -0.05) is 12.1 Å². The van der Waals surface area contributed by atoms with Gasteiger partial charge in [0.1, 0.15) is 5.82 Å². The van der Waals surface area contributed by atoms with E-state index in [4.69, 9.17) is 16.3 Å². The summed E-state index contributed by atoms with van der Waals surface area (Å²) >= 11 is 5.79. The molecule has 0 fully saturated rings. The number of rotatable bonds is 4. The highest BCUT2D eigenvalue weighted by Gasteiger charge is 2.16. The van der Waals surface area contributed by atoms with Crippen LogP contribution in [-0.4, -0.2) is 18.0 Å². The molecule has 1 aromatic carbocycles. The van der Waals surface area contributed by atoms with E-state index < -0.39 is 11.8 Å². The second-order valence-electron chi connectivity index (χ2n) is 3.48. The van der Waals surface area contributed by atoms with Crippen molar-refractivity contribution in [1.29, 1.82) is 0 Å². The smallest absolute Gasteiger partial charge is 0.341 e. The Hall–Kier alpha value is -1.09. The number of halogens is 2. The molecule has 1 aromatic rings. The van der Waals surface area contributed by atoms with Crippen LogP contribution in [0.25, 0.3) is 0 Å². The molecule has 4 heteroatoms. The molecule has 0 aliphatic carbocycles. The summed E-state index contributed by atoms with van der Waals surface area (Å²) in [5.74, 6) is -1.17. The lowest BCUT2D eigenvalue weighted by atomic mass is 10.1. The highest BCUT2D eigenvalue weighted by molar-refractivity contribution is 6.20. The number of ether oxygens (including phenoxy) is 1. The van der Waals surface area contributed by atoms with Crippen molar-refractivity contribution in [2.45, 2.75) is 25.6 Å². The van der Waals surface area contributed by atoms with E-state index in [-0.39, 0.29) is 17.5 Å². The summed E-state index contributed by atoms with van der Waals surface area (Å²) < 4.78 is 18.6. The molecule has 2 nitrogen and oxygen atoms in total. The highest BCUT2D eigenvalue weighted by Crippen LogP contribution is 2.17. The van der Waals surface area contributed by atoms with Crippen molar-refractivity contribution < 1.29 is 13.9 Å². The zero-order chi connectivity index (χ0) is 12.1. The lowest BCUT2D eigenvalue weighted by Crippen LogP contribution is -2.10. The quantitative estimate of drug-likeness (QED) is 0.601. The van der Waals surface area contributed by atoms with E-state index in [0.717, 1.165) is 0 Å². The van der Waals surface area contributed by atoms with E-state index in [0.29, 0.717) is 12.0 Å². The fourth-order valence-electron chi connectivity index (χ4n) is 1.41. The van der Waals surface area contributed by atoms with Gasteiger partial charge in [-0.15, -0.1) is 11.6 Å².